The van der Waals surface area contributed by atoms with Crippen LogP contribution in [0.5, 0.6) is 0 Å². The number of rotatable bonds is 6. The number of nitrogens with zero attached hydrogens (tertiary/aromatic N) is 2. The Labute approximate surface area is 175 Å². The summed E-state index contributed by atoms with van der Waals surface area (Å²) in [6.07, 6.45) is 0. The molecule has 1 heterocycles. The summed E-state index contributed by atoms with van der Waals surface area (Å²) in [5.74, 6) is -0.214. The van der Waals surface area contributed by atoms with Crippen molar-refractivity contribution in [3.05, 3.63) is 64.1 Å². The molecule has 2 aromatic carbocycles. The first kappa shape index (κ1) is 21.1. The Balaban J connectivity index is 1.50. The van der Waals surface area contributed by atoms with Gasteiger partial charge in [-0.15, -0.1) is 0 Å². The van der Waals surface area contributed by atoms with E-state index in [0.717, 1.165) is 5.56 Å². The first-order chi connectivity index (χ1) is 13.3. The Morgan fingerprint density at radius 1 is 1.00 bits per heavy atom. The number of anilines is 1. The Bertz CT molecular complexity index is 931. The van der Waals surface area contributed by atoms with Crippen LogP contribution in [0.25, 0.3) is 0 Å². The van der Waals surface area contributed by atoms with Crippen LogP contribution in [0.15, 0.2) is 48.5 Å². The first-order valence-corrected chi connectivity index (χ1v) is 11.2. The van der Waals surface area contributed by atoms with Crippen LogP contribution in [0.4, 0.5) is 5.69 Å². The van der Waals surface area contributed by atoms with Gasteiger partial charge < -0.3 is 5.32 Å². The molecule has 1 saturated heterocycles. The van der Waals surface area contributed by atoms with E-state index in [1.807, 2.05) is 23.1 Å². The maximum atomic E-state index is 12.6. The van der Waals surface area contributed by atoms with Crippen molar-refractivity contribution in [2.24, 2.45) is 0 Å². The Morgan fingerprint density at radius 3 is 2.32 bits per heavy atom. The molecule has 1 aliphatic heterocycles. The third-order valence-corrected chi connectivity index (χ3v) is 6.89. The first-order valence-electron chi connectivity index (χ1n) is 8.82. The normalized spacial score (nSPS) is 16.1. The second-order valence-corrected chi connectivity index (χ2v) is 9.40. The molecule has 0 aliphatic carbocycles. The van der Waals surface area contributed by atoms with Crippen LogP contribution in [0, 0.1) is 0 Å². The smallest absolute Gasteiger partial charge is 0.238 e. The minimum atomic E-state index is -3.37. The van der Waals surface area contributed by atoms with E-state index in [1.165, 1.54) is 4.31 Å². The van der Waals surface area contributed by atoms with Gasteiger partial charge in [0, 0.05) is 31.2 Å². The van der Waals surface area contributed by atoms with E-state index in [9.17, 15) is 13.2 Å². The molecule has 28 heavy (non-hydrogen) atoms. The molecular formula is C19H21Cl2N3O3S. The number of amides is 1. The highest BCUT2D eigenvalue weighted by Gasteiger charge is 2.27. The van der Waals surface area contributed by atoms with Crippen molar-refractivity contribution in [2.75, 3.05) is 38.0 Å². The molecule has 1 aliphatic rings. The molecular weight excluding hydrogens is 421 g/mol. The topological polar surface area (TPSA) is 69.7 Å². The molecule has 9 heteroatoms. The van der Waals surface area contributed by atoms with Gasteiger partial charge in [0.15, 0.2) is 0 Å². The van der Waals surface area contributed by atoms with Crippen molar-refractivity contribution >= 4 is 44.8 Å². The van der Waals surface area contributed by atoms with E-state index in [0.29, 0.717) is 41.9 Å². The second-order valence-electron chi connectivity index (χ2n) is 6.59. The van der Waals surface area contributed by atoms with Gasteiger partial charge >= 0.3 is 0 Å². The average Bonchev–Trinajstić information content (AvgIpc) is 2.65. The standard InChI is InChI=1S/C19H21Cl2N3O3S/c20-16-6-7-18(17(21)12-16)22-19(25)13-23-8-10-24(11-9-23)28(26,27)14-15-4-2-1-3-5-15/h1-7,12H,8-11,13-14H2,(H,22,25). The third-order valence-electron chi connectivity index (χ3n) is 4.49. The van der Waals surface area contributed by atoms with Gasteiger partial charge in [0.1, 0.15) is 0 Å². The fourth-order valence-electron chi connectivity index (χ4n) is 3.03. The SMILES string of the molecule is O=C(CN1CCN(S(=O)(=O)Cc2ccccc2)CC1)Nc1ccc(Cl)cc1Cl. The van der Waals surface area contributed by atoms with Crippen molar-refractivity contribution < 1.29 is 13.2 Å². The summed E-state index contributed by atoms with van der Waals surface area (Å²) in [5, 5.41) is 3.62. The zero-order valence-corrected chi connectivity index (χ0v) is 17.5. The fraction of sp³-hybridized carbons (Fsp3) is 0.316. The Kier molecular flexibility index (Phi) is 6.95. The van der Waals surface area contributed by atoms with Crippen LogP contribution in [-0.2, 0) is 20.6 Å². The molecule has 0 spiro atoms. The van der Waals surface area contributed by atoms with Crippen molar-refractivity contribution in [1.82, 2.24) is 9.21 Å². The monoisotopic (exact) mass is 441 g/mol. The van der Waals surface area contributed by atoms with Crippen molar-refractivity contribution in [3.8, 4) is 0 Å². The van der Waals surface area contributed by atoms with Crippen LogP contribution in [0.2, 0.25) is 10.0 Å². The van der Waals surface area contributed by atoms with Gasteiger partial charge in [-0.1, -0.05) is 53.5 Å². The minimum absolute atomic E-state index is 0.0105. The molecule has 0 radical (unpaired) electrons. The summed E-state index contributed by atoms with van der Waals surface area (Å²) in [6, 6.07) is 14.0. The number of hydrogen-bond donors (Lipinski definition) is 1. The molecule has 150 valence electrons. The number of hydrogen-bond acceptors (Lipinski definition) is 4. The van der Waals surface area contributed by atoms with Crippen LogP contribution >= 0.6 is 23.2 Å². The third kappa shape index (κ3) is 5.68. The summed E-state index contributed by atoms with van der Waals surface area (Å²) >= 11 is 11.9. The number of nitrogens with one attached hydrogen (secondary N) is 1. The van der Waals surface area contributed by atoms with Gasteiger partial charge in [0.25, 0.3) is 0 Å². The van der Waals surface area contributed by atoms with E-state index >= 15 is 0 Å². The maximum absolute atomic E-state index is 12.6. The predicted molar refractivity (Wildman–Crippen MR) is 112 cm³/mol. The fourth-order valence-corrected chi connectivity index (χ4v) is 5.00. The van der Waals surface area contributed by atoms with Gasteiger partial charge in [0.05, 0.1) is 23.0 Å². The van der Waals surface area contributed by atoms with E-state index in [1.54, 1.807) is 30.3 Å². The molecule has 0 unspecified atom stereocenters. The molecule has 0 bridgehead atoms. The van der Waals surface area contributed by atoms with Crippen LogP contribution in [0.1, 0.15) is 5.56 Å². The largest absolute Gasteiger partial charge is 0.324 e. The number of piperazine rings is 1. The molecule has 2 aromatic rings. The number of carbonyl (C=O) groups is 1. The van der Waals surface area contributed by atoms with E-state index in [2.05, 4.69) is 5.32 Å². The maximum Gasteiger partial charge on any atom is 0.238 e. The molecule has 0 aromatic heterocycles. The van der Waals surface area contributed by atoms with Crippen molar-refractivity contribution in [3.63, 3.8) is 0 Å². The molecule has 6 nitrogen and oxygen atoms in total. The quantitative estimate of drug-likeness (QED) is 0.747. The second kappa shape index (κ2) is 9.24. The van der Waals surface area contributed by atoms with Crippen LogP contribution in [-0.4, -0.2) is 56.3 Å². The Morgan fingerprint density at radius 2 is 1.68 bits per heavy atom. The number of sulfonamides is 1. The summed E-state index contributed by atoms with van der Waals surface area (Å²) in [4.78, 5) is 14.2. The van der Waals surface area contributed by atoms with Crippen LogP contribution < -0.4 is 5.32 Å². The summed E-state index contributed by atoms with van der Waals surface area (Å²) < 4.78 is 26.7. The predicted octanol–water partition coefficient (Wildman–Crippen LogP) is 3.08. The summed E-state index contributed by atoms with van der Waals surface area (Å²) in [7, 11) is -3.37. The van der Waals surface area contributed by atoms with Gasteiger partial charge in [0.2, 0.25) is 15.9 Å². The molecule has 0 atom stereocenters. The molecule has 3 rings (SSSR count). The molecule has 0 saturated carbocycles. The lowest BCUT2D eigenvalue weighted by Crippen LogP contribution is -2.50. The minimum Gasteiger partial charge on any atom is -0.324 e. The Hall–Kier alpha value is -1.64. The van der Waals surface area contributed by atoms with E-state index < -0.39 is 10.0 Å². The van der Waals surface area contributed by atoms with Crippen molar-refractivity contribution in [2.45, 2.75) is 5.75 Å². The van der Waals surface area contributed by atoms with Crippen molar-refractivity contribution in [1.29, 1.82) is 0 Å². The molecule has 1 N–H and O–H groups in total. The highest BCUT2D eigenvalue weighted by Crippen LogP contribution is 2.25. The lowest BCUT2D eigenvalue weighted by Gasteiger charge is -2.33. The van der Waals surface area contributed by atoms with Gasteiger partial charge in [-0.2, -0.15) is 4.31 Å². The molecule has 1 fully saturated rings. The van der Waals surface area contributed by atoms with Gasteiger partial charge in [-0.3, -0.25) is 9.69 Å². The average molecular weight is 442 g/mol. The van der Waals surface area contributed by atoms with Gasteiger partial charge in [-0.05, 0) is 23.8 Å². The summed E-state index contributed by atoms with van der Waals surface area (Å²) in [6.45, 7) is 1.89. The molecule has 1 amide bonds. The summed E-state index contributed by atoms with van der Waals surface area (Å²) in [5.41, 5.74) is 1.27. The van der Waals surface area contributed by atoms with E-state index in [4.69, 9.17) is 23.2 Å². The number of carbonyl (C=O) groups excluding carboxylic acids is 1. The number of benzene rings is 2. The van der Waals surface area contributed by atoms with Crippen LogP contribution in [0.3, 0.4) is 0 Å². The van der Waals surface area contributed by atoms with E-state index in [-0.39, 0.29) is 18.2 Å². The lowest BCUT2D eigenvalue weighted by atomic mass is 10.2. The highest BCUT2D eigenvalue weighted by atomic mass is 35.5. The zero-order chi connectivity index (χ0) is 20.1. The lowest BCUT2D eigenvalue weighted by molar-refractivity contribution is -0.117. The van der Waals surface area contributed by atoms with Gasteiger partial charge in [-0.25, -0.2) is 8.42 Å². The zero-order valence-electron chi connectivity index (χ0n) is 15.1. The highest BCUT2D eigenvalue weighted by molar-refractivity contribution is 7.88. The number of halogens is 2.